The summed E-state index contributed by atoms with van der Waals surface area (Å²) >= 11 is 5.71. The second kappa shape index (κ2) is 9.16. The highest BCUT2D eigenvalue weighted by Gasteiger charge is 2.15. The number of anilines is 1. The lowest BCUT2D eigenvalue weighted by Crippen LogP contribution is -2.16. The van der Waals surface area contributed by atoms with Crippen LogP contribution in [0.3, 0.4) is 0 Å². The van der Waals surface area contributed by atoms with Crippen LogP contribution in [-0.4, -0.2) is 21.9 Å². The summed E-state index contributed by atoms with van der Waals surface area (Å²) in [7, 11) is 0. The van der Waals surface area contributed by atoms with Crippen molar-refractivity contribution < 1.29 is 19.6 Å². The molecule has 0 unspecified atom stereocenters. The van der Waals surface area contributed by atoms with E-state index in [1.54, 1.807) is 18.2 Å². The molecule has 0 radical (unpaired) electrons. The van der Waals surface area contributed by atoms with Gasteiger partial charge in [0.25, 0.3) is 11.6 Å². The Bertz CT molecular complexity index is 996. The molecule has 0 aliphatic carbocycles. The Labute approximate surface area is 164 Å². The molecule has 0 bridgehead atoms. The van der Waals surface area contributed by atoms with Crippen LogP contribution < -0.4 is 10.6 Å². The highest BCUT2D eigenvalue weighted by molar-refractivity contribution is 6.32. The molecule has 0 aromatic heterocycles. The van der Waals surface area contributed by atoms with Gasteiger partial charge in [-0.05, 0) is 29.8 Å². The van der Waals surface area contributed by atoms with Gasteiger partial charge in [-0.15, -0.1) is 0 Å². The lowest BCUT2D eigenvalue weighted by molar-refractivity contribution is -0.384. The zero-order chi connectivity index (χ0) is 20.7. The molecule has 2 aromatic rings. The number of carboxylic acids is 1. The Balaban J connectivity index is 2.03. The van der Waals surface area contributed by atoms with E-state index in [4.69, 9.17) is 22.0 Å². The standard InChI is InChI=1S/C18H13ClN4O5/c19-15-6-5-14(7-16(15)23(27)28)22-17(24)13(8-20)10-21-9-11-1-3-12(4-2-11)18(25)26/h1-7,10,21H,9H2,(H,22,24)(H,25,26)/b13-10-. The van der Waals surface area contributed by atoms with Gasteiger partial charge in [-0.25, -0.2) is 4.79 Å². The van der Waals surface area contributed by atoms with E-state index < -0.39 is 16.8 Å². The number of nitro groups is 1. The number of hydrogen-bond donors (Lipinski definition) is 3. The topological polar surface area (TPSA) is 145 Å². The Morgan fingerprint density at radius 3 is 2.50 bits per heavy atom. The number of carbonyl (C=O) groups excluding carboxylic acids is 1. The average Bonchev–Trinajstić information content (AvgIpc) is 2.66. The van der Waals surface area contributed by atoms with Crippen molar-refractivity contribution in [3.63, 3.8) is 0 Å². The van der Waals surface area contributed by atoms with Crippen molar-refractivity contribution >= 4 is 34.9 Å². The van der Waals surface area contributed by atoms with Crippen molar-refractivity contribution in [2.24, 2.45) is 0 Å². The van der Waals surface area contributed by atoms with Gasteiger partial charge in [0.15, 0.2) is 0 Å². The first kappa shape index (κ1) is 20.4. The summed E-state index contributed by atoms with van der Waals surface area (Å²) in [6, 6.07) is 11.5. The van der Waals surface area contributed by atoms with E-state index in [0.29, 0.717) is 0 Å². The summed E-state index contributed by atoms with van der Waals surface area (Å²) in [4.78, 5) is 33.2. The number of rotatable bonds is 7. The smallest absolute Gasteiger partial charge is 0.335 e. The van der Waals surface area contributed by atoms with Crippen LogP contribution in [0.5, 0.6) is 0 Å². The number of carbonyl (C=O) groups is 2. The van der Waals surface area contributed by atoms with Crippen LogP contribution in [0.15, 0.2) is 54.2 Å². The van der Waals surface area contributed by atoms with Crippen molar-refractivity contribution in [1.29, 1.82) is 5.26 Å². The van der Waals surface area contributed by atoms with Crippen LogP contribution >= 0.6 is 11.6 Å². The molecule has 142 valence electrons. The molecule has 0 fully saturated rings. The predicted molar refractivity (Wildman–Crippen MR) is 101 cm³/mol. The maximum atomic E-state index is 12.2. The van der Waals surface area contributed by atoms with Gasteiger partial charge in [-0.1, -0.05) is 23.7 Å². The minimum absolute atomic E-state index is 0.0744. The number of benzene rings is 2. The zero-order valence-electron chi connectivity index (χ0n) is 14.2. The maximum Gasteiger partial charge on any atom is 0.335 e. The third-order valence-corrected chi connectivity index (χ3v) is 3.84. The van der Waals surface area contributed by atoms with Crippen LogP contribution in [0.4, 0.5) is 11.4 Å². The van der Waals surface area contributed by atoms with Crippen LogP contribution in [0.25, 0.3) is 0 Å². The highest BCUT2D eigenvalue weighted by Crippen LogP contribution is 2.27. The molecule has 0 aliphatic heterocycles. The molecule has 0 saturated heterocycles. The van der Waals surface area contributed by atoms with Crippen molar-refractivity contribution in [2.75, 3.05) is 5.32 Å². The molecule has 2 aromatic carbocycles. The van der Waals surface area contributed by atoms with Crippen LogP contribution in [0.1, 0.15) is 15.9 Å². The average molecular weight is 401 g/mol. The number of nitro benzene ring substituents is 1. The van der Waals surface area contributed by atoms with E-state index in [9.17, 15) is 19.7 Å². The highest BCUT2D eigenvalue weighted by atomic mass is 35.5. The number of aromatic carboxylic acids is 1. The van der Waals surface area contributed by atoms with Gasteiger partial charge in [0.1, 0.15) is 16.7 Å². The SMILES string of the molecule is N#C/C(=C/NCc1ccc(C(=O)O)cc1)C(=O)Nc1ccc(Cl)c([N+](=O)[O-])c1. The second-order valence-corrected chi connectivity index (χ2v) is 5.84. The lowest BCUT2D eigenvalue weighted by Gasteiger charge is -2.06. The number of carboxylic acid groups (broad SMARTS) is 1. The van der Waals surface area contributed by atoms with E-state index in [2.05, 4.69) is 10.6 Å². The van der Waals surface area contributed by atoms with E-state index in [1.165, 1.54) is 30.5 Å². The molecule has 0 spiro atoms. The first-order chi connectivity index (χ1) is 13.3. The van der Waals surface area contributed by atoms with Gasteiger partial charge in [0, 0.05) is 24.5 Å². The van der Waals surface area contributed by atoms with Gasteiger partial charge >= 0.3 is 5.97 Å². The molecule has 2 rings (SSSR count). The predicted octanol–water partition coefficient (Wildman–Crippen LogP) is 3.08. The fraction of sp³-hybridized carbons (Fsp3) is 0.0556. The fourth-order valence-electron chi connectivity index (χ4n) is 2.11. The first-order valence-electron chi connectivity index (χ1n) is 7.73. The summed E-state index contributed by atoms with van der Waals surface area (Å²) < 4.78 is 0. The maximum absolute atomic E-state index is 12.2. The van der Waals surface area contributed by atoms with Crippen LogP contribution in [0.2, 0.25) is 5.02 Å². The minimum atomic E-state index is -1.04. The molecule has 0 saturated carbocycles. The molecule has 28 heavy (non-hydrogen) atoms. The quantitative estimate of drug-likeness (QED) is 0.280. The van der Waals surface area contributed by atoms with Crippen LogP contribution in [0, 0.1) is 21.4 Å². The van der Waals surface area contributed by atoms with E-state index >= 15 is 0 Å². The number of hydrogen-bond acceptors (Lipinski definition) is 6. The number of halogens is 1. The third kappa shape index (κ3) is 5.30. The Morgan fingerprint density at radius 2 is 1.93 bits per heavy atom. The normalized spacial score (nSPS) is 10.6. The second-order valence-electron chi connectivity index (χ2n) is 5.43. The molecule has 10 heteroatoms. The summed E-state index contributed by atoms with van der Waals surface area (Å²) in [6.07, 6.45) is 1.20. The molecule has 1 amide bonds. The third-order valence-electron chi connectivity index (χ3n) is 3.52. The van der Waals surface area contributed by atoms with E-state index in [0.717, 1.165) is 11.6 Å². The van der Waals surface area contributed by atoms with Gasteiger partial charge in [-0.2, -0.15) is 5.26 Å². The molecular weight excluding hydrogens is 388 g/mol. The van der Waals surface area contributed by atoms with Crippen LogP contribution in [-0.2, 0) is 11.3 Å². The van der Waals surface area contributed by atoms with Crippen molar-refractivity contribution in [3.05, 3.63) is 80.5 Å². The van der Waals surface area contributed by atoms with Crippen molar-refractivity contribution in [1.82, 2.24) is 5.32 Å². The summed E-state index contributed by atoms with van der Waals surface area (Å²) in [5, 5.41) is 34.0. The molecule has 3 N–H and O–H groups in total. The molecule has 9 nitrogen and oxygen atoms in total. The van der Waals surface area contributed by atoms with E-state index in [1.807, 2.05) is 0 Å². The summed E-state index contributed by atoms with van der Waals surface area (Å²) in [6.45, 7) is 0.255. The Morgan fingerprint density at radius 1 is 1.25 bits per heavy atom. The summed E-state index contributed by atoms with van der Waals surface area (Å²) in [5.74, 6) is -1.79. The fourth-order valence-corrected chi connectivity index (χ4v) is 2.30. The van der Waals surface area contributed by atoms with Gasteiger partial charge in [0.05, 0.1) is 10.5 Å². The number of nitrogens with zero attached hydrogens (tertiary/aromatic N) is 2. The lowest BCUT2D eigenvalue weighted by atomic mass is 10.1. The van der Waals surface area contributed by atoms with Gasteiger partial charge in [-0.3, -0.25) is 14.9 Å². The molecule has 0 heterocycles. The molecule has 0 atom stereocenters. The molecule has 0 aliphatic rings. The van der Waals surface area contributed by atoms with Crippen molar-refractivity contribution in [3.8, 4) is 6.07 Å². The van der Waals surface area contributed by atoms with Gasteiger partial charge < -0.3 is 15.7 Å². The zero-order valence-corrected chi connectivity index (χ0v) is 14.9. The van der Waals surface area contributed by atoms with Gasteiger partial charge in [0.2, 0.25) is 0 Å². The molecular formula is C18H13ClN4O5. The number of amides is 1. The van der Waals surface area contributed by atoms with Crippen molar-refractivity contribution in [2.45, 2.75) is 6.54 Å². The largest absolute Gasteiger partial charge is 0.478 e. The minimum Gasteiger partial charge on any atom is -0.478 e. The Hall–Kier alpha value is -3.90. The summed E-state index contributed by atoms with van der Waals surface area (Å²) in [5.41, 5.74) is 0.386. The van der Waals surface area contributed by atoms with E-state index in [-0.39, 0.29) is 34.1 Å². The first-order valence-corrected chi connectivity index (χ1v) is 8.11. The number of nitrogens with one attached hydrogen (secondary N) is 2. The monoisotopic (exact) mass is 400 g/mol. The Kier molecular flexibility index (Phi) is 6.68. The number of nitriles is 1.